The molecule has 0 spiro atoms. The van der Waals surface area contributed by atoms with Gasteiger partial charge in [-0.1, -0.05) is 35.5 Å². The van der Waals surface area contributed by atoms with E-state index in [4.69, 9.17) is 4.52 Å². The van der Waals surface area contributed by atoms with Crippen molar-refractivity contribution < 1.29 is 17.7 Å². The van der Waals surface area contributed by atoms with Gasteiger partial charge >= 0.3 is 0 Å². The quantitative estimate of drug-likeness (QED) is 0.730. The molecule has 4 rings (SSSR count). The highest BCUT2D eigenvalue weighted by Crippen LogP contribution is 2.30. The second kappa shape index (κ2) is 6.88. The molecule has 3 aromatic rings. The molecule has 0 radical (unpaired) electrons. The maximum atomic E-state index is 12.7. The van der Waals surface area contributed by atoms with Crippen LogP contribution in [0.4, 0.5) is 11.6 Å². The molecule has 138 valence electrons. The second-order valence-electron chi connectivity index (χ2n) is 6.18. The molecule has 1 fully saturated rings. The molecule has 1 aromatic heterocycles. The highest BCUT2D eigenvalue weighted by Gasteiger charge is 2.23. The average Bonchev–Trinajstić information content (AvgIpc) is 3.31. The van der Waals surface area contributed by atoms with Crippen LogP contribution in [0.15, 0.2) is 70.2 Å². The predicted octanol–water partition coefficient (Wildman–Crippen LogP) is 3.27. The summed E-state index contributed by atoms with van der Waals surface area (Å²) in [4.78, 5) is 13.6. The first-order valence-corrected chi connectivity index (χ1v) is 9.96. The molecule has 1 N–H and O–H groups in total. The first-order chi connectivity index (χ1) is 13.0. The third-order valence-corrected chi connectivity index (χ3v) is 5.76. The number of carbonyl (C=O) groups is 1. The lowest BCUT2D eigenvalue weighted by atomic mass is 10.1. The number of nitrogens with one attached hydrogen (secondary N) is 1. The molecule has 27 heavy (non-hydrogen) atoms. The van der Waals surface area contributed by atoms with Gasteiger partial charge in [0.2, 0.25) is 11.8 Å². The molecule has 1 saturated heterocycles. The van der Waals surface area contributed by atoms with E-state index >= 15 is 0 Å². The molecule has 0 atom stereocenters. The highest BCUT2D eigenvalue weighted by molar-refractivity contribution is 7.92. The SMILES string of the molecule is O=C1CCCN1c1ccc(S(=O)(=O)Nc2oncc2-c2ccccc2)cc1. The average molecular weight is 383 g/mol. The lowest BCUT2D eigenvalue weighted by Gasteiger charge is -2.16. The van der Waals surface area contributed by atoms with Crippen molar-refractivity contribution in [1.82, 2.24) is 5.16 Å². The van der Waals surface area contributed by atoms with E-state index in [0.29, 0.717) is 24.2 Å². The van der Waals surface area contributed by atoms with Crippen LogP contribution >= 0.6 is 0 Å². The van der Waals surface area contributed by atoms with Crippen LogP contribution in [-0.2, 0) is 14.8 Å². The fourth-order valence-corrected chi connectivity index (χ4v) is 4.05. The summed E-state index contributed by atoms with van der Waals surface area (Å²) in [6.07, 6.45) is 2.80. The van der Waals surface area contributed by atoms with Crippen molar-refractivity contribution in [3.8, 4) is 11.1 Å². The maximum absolute atomic E-state index is 12.7. The fourth-order valence-electron chi connectivity index (χ4n) is 3.04. The number of aromatic nitrogens is 1. The minimum Gasteiger partial charge on any atom is -0.337 e. The van der Waals surface area contributed by atoms with Crippen molar-refractivity contribution >= 4 is 27.5 Å². The van der Waals surface area contributed by atoms with Gasteiger partial charge < -0.3 is 9.42 Å². The Bertz CT molecular complexity index is 1060. The first-order valence-electron chi connectivity index (χ1n) is 8.48. The van der Waals surface area contributed by atoms with Crippen molar-refractivity contribution in [3.63, 3.8) is 0 Å². The maximum Gasteiger partial charge on any atom is 0.264 e. The number of sulfonamides is 1. The molecule has 0 unspecified atom stereocenters. The molecule has 0 aliphatic carbocycles. The Kier molecular flexibility index (Phi) is 4.41. The van der Waals surface area contributed by atoms with Crippen molar-refractivity contribution in [3.05, 3.63) is 60.8 Å². The minimum atomic E-state index is -3.85. The van der Waals surface area contributed by atoms with E-state index in [0.717, 1.165) is 12.0 Å². The van der Waals surface area contributed by atoms with Crippen molar-refractivity contribution in [2.75, 3.05) is 16.2 Å². The Hall–Kier alpha value is -3.13. The van der Waals surface area contributed by atoms with Crippen molar-refractivity contribution in [1.29, 1.82) is 0 Å². The van der Waals surface area contributed by atoms with E-state index in [9.17, 15) is 13.2 Å². The Morgan fingerprint density at radius 2 is 1.78 bits per heavy atom. The van der Waals surface area contributed by atoms with E-state index in [-0.39, 0.29) is 16.7 Å². The number of carbonyl (C=O) groups excluding carboxylic acids is 1. The number of amides is 1. The summed E-state index contributed by atoms with van der Waals surface area (Å²) < 4.78 is 32.9. The highest BCUT2D eigenvalue weighted by atomic mass is 32.2. The zero-order chi connectivity index (χ0) is 18.9. The van der Waals surface area contributed by atoms with E-state index in [1.165, 1.54) is 18.3 Å². The van der Waals surface area contributed by atoms with Crippen LogP contribution < -0.4 is 9.62 Å². The number of benzene rings is 2. The van der Waals surface area contributed by atoms with Gasteiger partial charge in [-0.15, -0.1) is 0 Å². The van der Waals surface area contributed by atoms with Gasteiger partial charge in [-0.25, -0.2) is 13.1 Å². The molecule has 1 amide bonds. The number of nitrogens with zero attached hydrogens (tertiary/aromatic N) is 2. The summed E-state index contributed by atoms with van der Waals surface area (Å²) in [6, 6.07) is 15.5. The summed E-state index contributed by atoms with van der Waals surface area (Å²) in [5.41, 5.74) is 2.04. The van der Waals surface area contributed by atoms with Crippen LogP contribution in [0.2, 0.25) is 0 Å². The van der Waals surface area contributed by atoms with Crippen molar-refractivity contribution in [2.24, 2.45) is 0 Å². The number of anilines is 2. The van der Waals surface area contributed by atoms with Crippen LogP contribution in [0.5, 0.6) is 0 Å². The van der Waals surface area contributed by atoms with Crippen LogP contribution in [0.1, 0.15) is 12.8 Å². The van der Waals surface area contributed by atoms with Gasteiger partial charge in [0.1, 0.15) is 0 Å². The lowest BCUT2D eigenvalue weighted by molar-refractivity contribution is -0.117. The Balaban J connectivity index is 1.58. The van der Waals surface area contributed by atoms with E-state index in [2.05, 4.69) is 9.88 Å². The zero-order valence-corrected chi connectivity index (χ0v) is 15.1. The van der Waals surface area contributed by atoms with Gasteiger partial charge in [0.05, 0.1) is 16.7 Å². The minimum absolute atomic E-state index is 0.0536. The van der Waals surface area contributed by atoms with Gasteiger partial charge in [-0.05, 0) is 36.2 Å². The van der Waals surface area contributed by atoms with E-state index < -0.39 is 10.0 Å². The zero-order valence-electron chi connectivity index (χ0n) is 14.3. The molecule has 1 aliphatic rings. The summed E-state index contributed by atoms with van der Waals surface area (Å²) in [7, 11) is -3.85. The fraction of sp³-hybridized carbons (Fsp3) is 0.158. The third-order valence-electron chi connectivity index (χ3n) is 4.41. The Morgan fingerprint density at radius 3 is 2.44 bits per heavy atom. The number of rotatable bonds is 5. The van der Waals surface area contributed by atoms with Crippen LogP contribution in [0.25, 0.3) is 11.1 Å². The summed E-state index contributed by atoms with van der Waals surface area (Å²) in [5, 5.41) is 3.70. The number of hydrogen-bond acceptors (Lipinski definition) is 5. The molecular weight excluding hydrogens is 366 g/mol. The molecule has 1 aliphatic heterocycles. The van der Waals surface area contributed by atoms with Gasteiger partial charge in [-0.2, -0.15) is 0 Å². The van der Waals surface area contributed by atoms with E-state index in [1.807, 2.05) is 30.3 Å². The molecule has 0 saturated carbocycles. The third kappa shape index (κ3) is 3.43. The monoisotopic (exact) mass is 383 g/mol. The largest absolute Gasteiger partial charge is 0.337 e. The molecule has 7 nitrogen and oxygen atoms in total. The van der Waals surface area contributed by atoms with Crippen LogP contribution in [0.3, 0.4) is 0 Å². The first kappa shape index (κ1) is 17.3. The summed E-state index contributed by atoms with van der Waals surface area (Å²) in [5.74, 6) is 0.109. The molecule has 2 aromatic carbocycles. The standard InChI is InChI=1S/C19H17N3O4S/c23-18-7-4-12-22(18)15-8-10-16(11-9-15)27(24,25)21-19-17(13-20-26-19)14-5-2-1-3-6-14/h1-3,5-6,8-11,13,21H,4,7,12H2. The van der Waals surface area contributed by atoms with E-state index in [1.54, 1.807) is 17.0 Å². The topological polar surface area (TPSA) is 92.5 Å². The molecule has 8 heteroatoms. The smallest absolute Gasteiger partial charge is 0.264 e. The van der Waals surface area contributed by atoms with Gasteiger partial charge in [0.25, 0.3) is 10.0 Å². The van der Waals surface area contributed by atoms with Crippen LogP contribution in [0, 0.1) is 0 Å². The number of hydrogen-bond donors (Lipinski definition) is 1. The molecular formula is C19H17N3O4S. The normalized spacial score (nSPS) is 14.5. The Morgan fingerprint density at radius 1 is 1.04 bits per heavy atom. The Labute approximate surface area is 156 Å². The van der Waals surface area contributed by atoms with Gasteiger partial charge in [0, 0.05) is 18.7 Å². The summed E-state index contributed by atoms with van der Waals surface area (Å²) >= 11 is 0. The summed E-state index contributed by atoms with van der Waals surface area (Å²) in [6.45, 7) is 0.654. The lowest BCUT2D eigenvalue weighted by Crippen LogP contribution is -2.23. The predicted molar refractivity (Wildman–Crippen MR) is 101 cm³/mol. The van der Waals surface area contributed by atoms with Gasteiger partial charge in [-0.3, -0.25) is 4.79 Å². The second-order valence-corrected chi connectivity index (χ2v) is 7.87. The molecule has 2 heterocycles. The van der Waals surface area contributed by atoms with Gasteiger partial charge in [0.15, 0.2) is 0 Å². The van der Waals surface area contributed by atoms with Crippen molar-refractivity contribution in [2.45, 2.75) is 17.7 Å². The molecule has 0 bridgehead atoms. The van der Waals surface area contributed by atoms with Crippen LogP contribution in [-0.4, -0.2) is 26.0 Å².